The van der Waals surface area contributed by atoms with E-state index in [2.05, 4.69) is 62.9 Å². The second-order valence-electron chi connectivity index (χ2n) is 12.1. The minimum absolute atomic E-state index is 0.138. The van der Waals surface area contributed by atoms with Crippen molar-refractivity contribution in [2.75, 3.05) is 18.0 Å². The summed E-state index contributed by atoms with van der Waals surface area (Å²) in [4.78, 5) is 2.59. The van der Waals surface area contributed by atoms with E-state index in [1.54, 1.807) is 0 Å². The number of nitrogens with zero attached hydrogens (tertiary/aromatic N) is 3. The Kier molecular flexibility index (Phi) is 6.34. The summed E-state index contributed by atoms with van der Waals surface area (Å²) in [5.74, 6) is 1.95. The second kappa shape index (κ2) is 9.33. The molecule has 4 aliphatic rings. The zero-order valence-electron chi connectivity index (χ0n) is 22.2. The lowest BCUT2D eigenvalue weighted by Gasteiger charge is -2.48. The Morgan fingerprint density at radius 1 is 0.917 bits per heavy atom. The normalized spacial score (nSPS) is 22.6. The molecule has 0 atom stereocenters. The number of nitriles is 2. The van der Waals surface area contributed by atoms with E-state index >= 15 is 0 Å². The van der Waals surface area contributed by atoms with Gasteiger partial charge in [-0.2, -0.15) is 10.5 Å². The summed E-state index contributed by atoms with van der Waals surface area (Å²) < 4.78 is 6.37. The van der Waals surface area contributed by atoms with Gasteiger partial charge in [-0.3, -0.25) is 0 Å². The van der Waals surface area contributed by atoms with E-state index in [0.29, 0.717) is 17.3 Å². The van der Waals surface area contributed by atoms with Crippen molar-refractivity contribution in [1.82, 2.24) is 0 Å². The van der Waals surface area contributed by atoms with E-state index < -0.39 is 0 Å². The Morgan fingerprint density at radius 2 is 1.53 bits per heavy atom. The van der Waals surface area contributed by atoms with Crippen molar-refractivity contribution in [2.45, 2.75) is 83.5 Å². The highest BCUT2D eigenvalue weighted by Gasteiger charge is 2.39. The predicted octanol–water partition coefficient (Wildman–Crippen LogP) is 7.59. The number of hydrogen-bond donors (Lipinski definition) is 0. The van der Waals surface area contributed by atoms with Crippen molar-refractivity contribution >= 4 is 11.8 Å². The van der Waals surface area contributed by atoms with Crippen LogP contribution in [0.25, 0.3) is 6.08 Å². The standard InChI is InChI=1S/C32H37N3O/c1-31(2)12-14-35-15-13-32(3,4)28-17-22(16-27(31)30(28)35)10-11-26-18-24(25(20-33)21-34)19-29(36-26)23-8-6-5-7-9-23/h10-11,16-19,23H,5-9,12-15H2,1-4H3/b11-10+. The van der Waals surface area contributed by atoms with Crippen LogP contribution >= 0.6 is 0 Å². The predicted molar refractivity (Wildman–Crippen MR) is 145 cm³/mol. The van der Waals surface area contributed by atoms with Gasteiger partial charge >= 0.3 is 0 Å². The maximum absolute atomic E-state index is 9.51. The third kappa shape index (κ3) is 4.51. The van der Waals surface area contributed by atoms with Gasteiger partial charge in [0.2, 0.25) is 0 Å². The van der Waals surface area contributed by atoms with Gasteiger partial charge in [-0.05, 0) is 83.6 Å². The highest BCUT2D eigenvalue weighted by molar-refractivity contribution is 5.72. The minimum Gasteiger partial charge on any atom is -0.461 e. The summed E-state index contributed by atoms with van der Waals surface area (Å²) in [5, 5.41) is 19.0. The summed E-state index contributed by atoms with van der Waals surface area (Å²) >= 11 is 0. The Labute approximate surface area is 216 Å². The van der Waals surface area contributed by atoms with E-state index in [-0.39, 0.29) is 16.4 Å². The molecule has 0 N–H and O–H groups in total. The average Bonchev–Trinajstić information content (AvgIpc) is 2.87. The fourth-order valence-corrected chi connectivity index (χ4v) is 6.25. The minimum atomic E-state index is 0.138. The third-order valence-electron chi connectivity index (χ3n) is 8.71. The third-order valence-corrected chi connectivity index (χ3v) is 8.71. The van der Waals surface area contributed by atoms with Gasteiger partial charge in [0.05, 0.1) is 0 Å². The van der Waals surface area contributed by atoms with Crippen LogP contribution in [0.1, 0.15) is 89.3 Å². The summed E-state index contributed by atoms with van der Waals surface area (Å²) in [7, 11) is 0. The molecule has 36 heavy (non-hydrogen) atoms. The lowest BCUT2D eigenvalue weighted by atomic mass is 9.69. The molecule has 0 spiro atoms. The molecule has 0 bridgehead atoms. The number of anilines is 1. The number of benzene rings is 1. The fraction of sp³-hybridized carbons (Fsp3) is 0.500. The Balaban J connectivity index is 1.53. The molecule has 0 unspecified atom stereocenters. The molecule has 4 heteroatoms. The first-order chi connectivity index (χ1) is 17.2. The first-order valence-electron chi connectivity index (χ1n) is 13.5. The smallest absolute Gasteiger partial charge is 0.137 e. The van der Waals surface area contributed by atoms with Crippen LogP contribution in [0.3, 0.4) is 0 Å². The van der Waals surface area contributed by atoms with Gasteiger partial charge in [-0.25, -0.2) is 0 Å². The molecule has 186 valence electrons. The lowest BCUT2D eigenvalue weighted by molar-refractivity contribution is 0.229. The van der Waals surface area contributed by atoms with Crippen molar-refractivity contribution in [1.29, 1.82) is 10.5 Å². The lowest BCUT2D eigenvalue weighted by Crippen LogP contribution is -2.44. The highest BCUT2D eigenvalue weighted by atomic mass is 16.5. The molecule has 5 rings (SSSR count). The molecule has 3 heterocycles. The van der Waals surface area contributed by atoms with Crippen LogP contribution in [-0.4, -0.2) is 13.1 Å². The first kappa shape index (κ1) is 24.5. The summed E-state index contributed by atoms with van der Waals surface area (Å²) in [6.45, 7) is 11.7. The van der Waals surface area contributed by atoms with Crippen LogP contribution in [0.15, 0.2) is 53.0 Å². The van der Waals surface area contributed by atoms with Crippen LogP contribution in [0.5, 0.6) is 0 Å². The van der Waals surface area contributed by atoms with E-state index in [1.807, 2.05) is 18.2 Å². The van der Waals surface area contributed by atoms with Gasteiger partial charge in [0.15, 0.2) is 0 Å². The quantitative estimate of drug-likeness (QED) is 0.419. The van der Waals surface area contributed by atoms with E-state index in [4.69, 9.17) is 4.74 Å². The Hall–Kier alpha value is -3.24. The summed E-state index contributed by atoms with van der Waals surface area (Å²) in [6, 6.07) is 8.84. The Bertz CT molecular complexity index is 1210. The van der Waals surface area contributed by atoms with Crippen molar-refractivity contribution in [3.05, 3.63) is 69.7 Å². The largest absolute Gasteiger partial charge is 0.461 e. The topological polar surface area (TPSA) is 60.0 Å². The molecule has 1 aromatic carbocycles. The molecule has 3 aliphatic heterocycles. The van der Waals surface area contributed by atoms with Gasteiger partial charge in [-0.1, -0.05) is 53.0 Å². The maximum atomic E-state index is 9.51. The average molecular weight is 480 g/mol. The number of allylic oxidation sites excluding steroid dienone is 6. The van der Waals surface area contributed by atoms with Crippen LogP contribution < -0.4 is 4.90 Å². The Morgan fingerprint density at radius 3 is 2.11 bits per heavy atom. The fourth-order valence-electron chi connectivity index (χ4n) is 6.25. The van der Waals surface area contributed by atoms with E-state index in [0.717, 1.165) is 44.5 Å². The van der Waals surface area contributed by atoms with Gasteiger partial charge in [0.1, 0.15) is 29.2 Å². The molecule has 1 saturated carbocycles. The molecule has 4 nitrogen and oxygen atoms in total. The zero-order chi connectivity index (χ0) is 25.5. The highest BCUT2D eigenvalue weighted by Crippen LogP contribution is 2.49. The van der Waals surface area contributed by atoms with Crippen LogP contribution in [-0.2, 0) is 15.6 Å². The molecule has 1 aromatic rings. The van der Waals surface area contributed by atoms with Crippen molar-refractivity contribution < 1.29 is 4.74 Å². The van der Waals surface area contributed by atoms with Crippen LogP contribution in [0, 0.1) is 28.6 Å². The summed E-state index contributed by atoms with van der Waals surface area (Å²) in [5.41, 5.74) is 6.59. The van der Waals surface area contributed by atoms with Gasteiger partial charge in [0, 0.05) is 30.3 Å². The molecular weight excluding hydrogens is 442 g/mol. The van der Waals surface area contributed by atoms with Crippen molar-refractivity contribution in [2.24, 2.45) is 5.92 Å². The van der Waals surface area contributed by atoms with E-state index in [9.17, 15) is 10.5 Å². The zero-order valence-corrected chi connectivity index (χ0v) is 22.2. The van der Waals surface area contributed by atoms with Gasteiger partial charge < -0.3 is 9.64 Å². The van der Waals surface area contributed by atoms with E-state index in [1.165, 1.54) is 41.6 Å². The second-order valence-corrected chi connectivity index (χ2v) is 12.1. The molecular formula is C32H37N3O. The summed E-state index contributed by atoms with van der Waals surface area (Å²) in [6.07, 6.45) is 16.1. The molecule has 0 saturated heterocycles. The maximum Gasteiger partial charge on any atom is 0.137 e. The van der Waals surface area contributed by atoms with Crippen LogP contribution in [0.4, 0.5) is 5.69 Å². The van der Waals surface area contributed by atoms with Gasteiger partial charge in [-0.15, -0.1) is 0 Å². The molecule has 0 radical (unpaired) electrons. The SMILES string of the molecule is CC1(C)CCN2CCC(C)(C)c3cc(/C=C/C4=CC(=C(C#N)C#N)C=C(C5CCCCC5)O4)cc1c32. The van der Waals surface area contributed by atoms with Crippen molar-refractivity contribution in [3.63, 3.8) is 0 Å². The molecule has 0 aromatic heterocycles. The number of hydrogen-bond acceptors (Lipinski definition) is 4. The van der Waals surface area contributed by atoms with Crippen LogP contribution in [0.2, 0.25) is 0 Å². The number of ether oxygens (including phenoxy) is 1. The van der Waals surface area contributed by atoms with Gasteiger partial charge in [0.25, 0.3) is 0 Å². The first-order valence-corrected chi connectivity index (χ1v) is 13.5. The monoisotopic (exact) mass is 479 g/mol. The molecule has 1 fully saturated rings. The van der Waals surface area contributed by atoms with Crippen molar-refractivity contribution in [3.8, 4) is 12.1 Å². The molecule has 1 aliphatic carbocycles. The molecule has 0 amide bonds. The number of rotatable bonds is 3.